The van der Waals surface area contributed by atoms with Gasteiger partial charge in [0.25, 0.3) is 0 Å². The van der Waals surface area contributed by atoms with Crippen LogP contribution in [0.1, 0.15) is 12.0 Å². The van der Waals surface area contributed by atoms with Crippen LogP contribution in [-0.2, 0) is 11.2 Å². The number of hydrogen-bond acceptors (Lipinski definition) is 5. The number of hydrogen-bond donors (Lipinski definition) is 1. The molecular formula is C20H21ClN2O4. The van der Waals surface area contributed by atoms with Crippen molar-refractivity contribution in [2.45, 2.75) is 12.8 Å². The third-order valence-corrected chi connectivity index (χ3v) is 3.95. The van der Waals surface area contributed by atoms with E-state index < -0.39 is 0 Å². The average molecular weight is 389 g/mol. The molecule has 2 aromatic carbocycles. The molecule has 0 heterocycles. The normalized spacial score (nSPS) is 9.96. The van der Waals surface area contributed by atoms with Gasteiger partial charge < -0.3 is 19.5 Å². The minimum atomic E-state index is -0.279. The van der Waals surface area contributed by atoms with Gasteiger partial charge in [-0.15, -0.1) is 0 Å². The molecule has 0 aliphatic rings. The Bertz CT molecular complexity index is 805. The second kappa shape index (κ2) is 10.9. The Hall–Kier alpha value is -2.91. The molecule has 0 fully saturated rings. The number of methoxy groups -OCH3 is 1. The summed E-state index contributed by atoms with van der Waals surface area (Å²) in [6.45, 7) is 1.10. The summed E-state index contributed by atoms with van der Waals surface area (Å²) in [6.07, 6.45) is 0.482. The van der Waals surface area contributed by atoms with Gasteiger partial charge in [0.05, 0.1) is 18.2 Å². The van der Waals surface area contributed by atoms with Gasteiger partial charge in [0.2, 0.25) is 5.91 Å². The lowest BCUT2D eigenvalue weighted by Gasteiger charge is -2.13. The quantitative estimate of drug-likeness (QED) is 0.631. The predicted molar refractivity (Wildman–Crippen MR) is 102 cm³/mol. The molecule has 1 amide bonds. The smallest absolute Gasteiger partial charge is 0.234 e. The Morgan fingerprint density at radius 3 is 2.56 bits per heavy atom. The topological polar surface area (TPSA) is 80.6 Å². The summed E-state index contributed by atoms with van der Waals surface area (Å²) in [4.78, 5) is 11.3. The first-order valence-corrected chi connectivity index (χ1v) is 8.82. The molecule has 0 atom stereocenters. The molecule has 0 aromatic heterocycles. The largest absolute Gasteiger partial charge is 0.493 e. The summed E-state index contributed by atoms with van der Waals surface area (Å²) >= 11 is 6.05. The van der Waals surface area contributed by atoms with Crippen LogP contribution in [0.5, 0.6) is 17.2 Å². The molecule has 142 valence electrons. The standard InChI is InChI=1S/C20H21ClN2O4/c1-25-18-7-6-15(9-11-23-20(24)8-10-22)14-19(18)27-13-12-26-17-5-3-2-4-16(17)21/h2-7,14H,8-9,11-13H2,1H3,(H,23,24). The van der Waals surface area contributed by atoms with Gasteiger partial charge in [0.1, 0.15) is 25.4 Å². The average Bonchev–Trinajstić information content (AvgIpc) is 2.67. The minimum Gasteiger partial charge on any atom is -0.493 e. The Morgan fingerprint density at radius 1 is 1.11 bits per heavy atom. The van der Waals surface area contributed by atoms with Crippen LogP contribution in [0, 0.1) is 11.3 Å². The van der Waals surface area contributed by atoms with Crippen molar-refractivity contribution >= 4 is 17.5 Å². The van der Waals surface area contributed by atoms with Crippen LogP contribution in [0.15, 0.2) is 42.5 Å². The third kappa shape index (κ3) is 6.72. The number of carbonyl (C=O) groups is 1. The number of halogens is 1. The Balaban J connectivity index is 1.86. The van der Waals surface area contributed by atoms with E-state index in [0.717, 1.165) is 5.56 Å². The van der Waals surface area contributed by atoms with Crippen molar-refractivity contribution in [3.05, 3.63) is 53.1 Å². The number of para-hydroxylation sites is 1. The van der Waals surface area contributed by atoms with Crippen molar-refractivity contribution in [2.24, 2.45) is 0 Å². The van der Waals surface area contributed by atoms with E-state index in [0.29, 0.717) is 48.5 Å². The molecule has 1 N–H and O–H groups in total. The fourth-order valence-corrected chi connectivity index (χ4v) is 2.53. The lowest BCUT2D eigenvalue weighted by atomic mass is 10.1. The number of nitrogens with zero attached hydrogens (tertiary/aromatic N) is 1. The van der Waals surface area contributed by atoms with Gasteiger partial charge in [-0.05, 0) is 36.2 Å². The van der Waals surface area contributed by atoms with Gasteiger partial charge >= 0.3 is 0 Å². The highest BCUT2D eigenvalue weighted by Gasteiger charge is 2.07. The van der Waals surface area contributed by atoms with Crippen LogP contribution in [0.3, 0.4) is 0 Å². The zero-order valence-electron chi connectivity index (χ0n) is 15.0. The number of benzene rings is 2. The van der Waals surface area contributed by atoms with E-state index in [1.54, 1.807) is 19.2 Å². The number of carbonyl (C=O) groups excluding carboxylic acids is 1. The van der Waals surface area contributed by atoms with Gasteiger partial charge in [0.15, 0.2) is 11.5 Å². The monoisotopic (exact) mass is 388 g/mol. The SMILES string of the molecule is COc1ccc(CCNC(=O)CC#N)cc1OCCOc1ccccc1Cl. The highest BCUT2D eigenvalue weighted by Crippen LogP contribution is 2.28. The van der Waals surface area contributed by atoms with Crippen LogP contribution in [0.4, 0.5) is 0 Å². The zero-order valence-corrected chi connectivity index (χ0v) is 15.8. The second-order valence-electron chi connectivity index (χ2n) is 5.55. The van der Waals surface area contributed by atoms with Crippen LogP contribution in [0.2, 0.25) is 5.02 Å². The Morgan fingerprint density at radius 2 is 1.85 bits per heavy atom. The Labute approximate surface area is 163 Å². The van der Waals surface area contributed by atoms with Gasteiger partial charge in [-0.2, -0.15) is 5.26 Å². The number of nitrogens with one attached hydrogen (secondary N) is 1. The summed E-state index contributed by atoms with van der Waals surface area (Å²) in [5.74, 6) is 1.54. The molecule has 27 heavy (non-hydrogen) atoms. The molecule has 2 rings (SSSR count). The summed E-state index contributed by atoms with van der Waals surface area (Å²) in [6, 6.07) is 14.7. The molecule has 0 radical (unpaired) electrons. The first kappa shape index (κ1) is 20.4. The summed E-state index contributed by atoms with van der Waals surface area (Å²) in [5.41, 5.74) is 0.982. The highest BCUT2D eigenvalue weighted by atomic mass is 35.5. The van der Waals surface area contributed by atoms with Crippen molar-refractivity contribution in [2.75, 3.05) is 26.9 Å². The fraction of sp³-hybridized carbons (Fsp3) is 0.300. The maximum atomic E-state index is 11.3. The van der Waals surface area contributed by atoms with Crippen LogP contribution >= 0.6 is 11.6 Å². The maximum Gasteiger partial charge on any atom is 0.234 e. The zero-order chi connectivity index (χ0) is 19.5. The molecule has 0 unspecified atom stereocenters. The van der Waals surface area contributed by atoms with Crippen LogP contribution < -0.4 is 19.5 Å². The molecule has 6 nitrogen and oxygen atoms in total. The maximum absolute atomic E-state index is 11.3. The highest BCUT2D eigenvalue weighted by molar-refractivity contribution is 6.32. The summed E-state index contributed by atoms with van der Waals surface area (Å²) in [5, 5.41) is 11.7. The van der Waals surface area contributed by atoms with Gasteiger partial charge in [-0.1, -0.05) is 29.8 Å². The first-order valence-electron chi connectivity index (χ1n) is 8.44. The van der Waals surface area contributed by atoms with E-state index in [4.69, 9.17) is 31.1 Å². The molecule has 0 saturated heterocycles. The van der Waals surface area contributed by atoms with Gasteiger partial charge in [-0.25, -0.2) is 0 Å². The van der Waals surface area contributed by atoms with Crippen LogP contribution in [0.25, 0.3) is 0 Å². The van der Waals surface area contributed by atoms with E-state index >= 15 is 0 Å². The Kier molecular flexibility index (Phi) is 8.27. The number of nitriles is 1. The second-order valence-corrected chi connectivity index (χ2v) is 5.95. The summed E-state index contributed by atoms with van der Waals surface area (Å²) < 4.78 is 16.7. The first-order chi connectivity index (χ1) is 13.1. The van der Waals surface area contributed by atoms with E-state index in [-0.39, 0.29) is 12.3 Å². The number of rotatable bonds is 10. The lowest BCUT2D eigenvalue weighted by molar-refractivity contribution is -0.120. The van der Waals surface area contributed by atoms with Crippen LogP contribution in [-0.4, -0.2) is 32.8 Å². The third-order valence-electron chi connectivity index (χ3n) is 3.64. The molecular weight excluding hydrogens is 368 g/mol. The number of amides is 1. The minimum absolute atomic E-state index is 0.137. The van der Waals surface area contributed by atoms with E-state index in [1.165, 1.54) is 0 Å². The van der Waals surface area contributed by atoms with Crippen molar-refractivity contribution in [1.82, 2.24) is 5.32 Å². The van der Waals surface area contributed by atoms with E-state index in [2.05, 4.69) is 5.32 Å². The fourth-order valence-electron chi connectivity index (χ4n) is 2.34. The predicted octanol–water partition coefficient (Wildman–Crippen LogP) is 3.38. The number of ether oxygens (including phenoxy) is 3. The molecule has 2 aromatic rings. The molecule has 0 aliphatic carbocycles. The molecule has 0 aliphatic heterocycles. The lowest BCUT2D eigenvalue weighted by Crippen LogP contribution is -2.24. The molecule has 0 spiro atoms. The van der Waals surface area contributed by atoms with E-state index in [1.807, 2.05) is 36.4 Å². The van der Waals surface area contributed by atoms with Crippen molar-refractivity contribution in [1.29, 1.82) is 5.26 Å². The molecule has 0 saturated carbocycles. The van der Waals surface area contributed by atoms with Gasteiger partial charge in [0, 0.05) is 6.54 Å². The van der Waals surface area contributed by atoms with Crippen molar-refractivity contribution in [3.63, 3.8) is 0 Å². The molecule has 0 bridgehead atoms. The van der Waals surface area contributed by atoms with Crippen molar-refractivity contribution in [3.8, 4) is 23.3 Å². The molecule has 7 heteroatoms. The van der Waals surface area contributed by atoms with E-state index in [9.17, 15) is 4.79 Å². The van der Waals surface area contributed by atoms with Crippen molar-refractivity contribution < 1.29 is 19.0 Å². The summed E-state index contributed by atoms with van der Waals surface area (Å²) in [7, 11) is 1.57. The van der Waals surface area contributed by atoms with Gasteiger partial charge in [-0.3, -0.25) is 4.79 Å².